The van der Waals surface area contributed by atoms with Gasteiger partial charge >= 0.3 is 7.12 Å². The third-order valence-electron chi connectivity index (χ3n) is 3.72. The summed E-state index contributed by atoms with van der Waals surface area (Å²) in [6.07, 6.45) is 0. The largest absolute Gasteiger partial charge is 0.496 e. The number of hydrogen-bond acceptors (Lipinski definition) is 3. The fourth-order valence-electron chi connectivity index (χ4n) is 1.82. The fraction of sp³-hybridized carbons (Fsp3) is 0.462. The van der Waals surface area contributed by atoms with E-state index in [0.717, 1.165) is 0 Å². The van der Waals surface area contributed by atoms with Crippen molar-refractivity contribution >= 4 is 40.1 Å². The Labute approximate surface area is 127 Å². The van der Waals surface area contributed by atoms with E-state index in [-0.39, 0.29) is 0 Å². The Bertz CT molecular complexity index is 552. The second-order valence-corrected chi connectivity index (χ2v) is 6.82. The minimum atomic E-state index is -0.578. The Hall–Kier alpha value is -0.535. The highest BCUT2D eigenvalue weighted by molar-refractivity contribution is 9.10. The van der Waals surface area contributed by atoms with Crippen LogP contribution in [0.3, 0.4) is 0 Å². The first kappa shape index (κ1) is 14.9. The van der Waals surface area contributed by atoms with Gasteiger partial charge < -0.3 is 9.31 Å². The molecule has 0 bridgehead atoms. The van der Waals surface area contributed by atoms with Crippen LogP contribution in [0.1, 0.15) is 33.3 Å². The fourth-order valence-corrected chi connectivity index (χ4v) is 2.34. The molecule has 0 amide bonds. The number of hydrogen-bond donors (Lipinski definition) is 0. The topological polar surface area (TPSA) is 42.2 Å². The quantitative estimate of drug-likeness (QED) is 0.736. The smallest absolute Gasteiger partial charge is 0.399 e. The molecule has 1 fully saturated rings. The predicted molar refractivity (Wildman–Crippen MR) is 79.6 cm³/mol. The summed E-state index contributed by atoms with van der Waals surface area (Å²) in [6.45, 7) is 7.89. The standard InChI is InChI=1S/C13H14BBrClNO2/c1-12(2)13(3,4)19-14(18-12)9-6-11(16)10(15)5-8(9)7-17/h5-6H,1-4H3. The first-order valence-electron chi connectivity index (χ1n) is 5.92. The molecule has 1 heterocycles. The molecule has 0 saturated carbocycles. The van der Waals surface area contributed by atoms with Crippen LogP contribution in [-0.2, 0) is 9.31 Å². The molecule has 2 rings (SSSR count). The van der Waals surface area contributed by atoms with E-state index >= 15 is 0 Å². The van der Waals surface area contributed by atoms with Gasteiger partial charge in [-0.05, 0) is 55.8 Å². The second-order valence-electron chi connectivity index (χ2n) is 5.55. The van der Waals surface area contributed by atoms with E-state index < -0.39 is 18.3 Å². The highest BCUT2D eigenvalue weighted by Gasteiger charge is 2.52. The SMILES string of the molecule is CC1(C)OB(c2cc(Cl)c(Br)cc2C#N)OC1(C)C. The summed E-state index contributed by atoms with van der Waals surface area (Å²) in [4.78, 5) is 0. The van der Waals surface area contributed by atoms with E-state index in [1.54, 1.807) is 12.1 Å². The molecule has 1 aromatic carbocycles. The van der Waals surface area contributed by atoms with Crippen LogP contribution in [0.2, 0.25) is 5.02 Å². The third-order valence-corrected chi connectivity index (χ3v) is 4.92. The monoisotopic (exact) mass is 341 g/mol. The first-order valence-corrected chi connectivity index (χ1v) is 7.10. The van der Waals surface area contributed by atoms with Gasteiger partial charge in [-0.2, -0.15) is 5.26 Å². The summed E-state index contributed by atoms with van der Waals surface area (Å²) in [7, 11) is -0.578. The minimum Gasteiger partial charge on any atom is -0.399 e. The van der Waals surface area contributed by atoms with Gasteiger partial charge in [0.05, 0.1) is 27.9 Å². The highest BCUT2D eigenvalue weighted by atomic mass is 79.9. The Morgan fingerprint density at radius 2 is 1.74 bits per heavy atom. The van der Waals surface area contributed by atoms with Crippen molar-refractivity contribution in [1.82, 2.24) is 0 Å². The van der Waals surface area contributed by atoms with E-state index in [0.29, 0.717) is 20.5 Å². The van der Waals surface area contributed by atoms with Crippen LogP contribution in [-0.4, -0.2) is 18.3 Å². The van der Waals surface area contributed by atoms with Crippen molar-refractivity contribution in [3.05, 3.63) is 27.2 Å². The van der Waals surface area contributed by atoms with Crippen LogP contribution in [0.5, 0.6) is 0 Å². The zero-order chi connectivity index (χ0) is 14.4. The summed E-state index contributed by atoms with van der Waals surface area (Å²) in [5.74, 6) is 0. The Morgan fingerprint density at radius 1 is 1.21 bits per heavy atom. The number of nitrogens with zero attached hydrogens (tertiary/aromatic N) is 1. The van der Waals surface area contributed by atoms with Gasteiger partial charge in [0, 0.05) is 9.94 Å². The average Bonchev–Trinajstić information content (AvgIpc) is 2.51. The minimum absolute atomic E-state index is 0.441. The molecular weight excluding hydrogens is 328 g/mol. The summed E-state index contributed by atoms with van der Waals surface area (Å²) in [5, 5.41) is 9.76. The summed E-state index contributed by atoms with van der Waals surface area (Å²) < 4.78 is 12.6. The lowest BCUT2D eigenvalue weighted by atomic mass is 9.76. The molecule has 0 unspecified atom stereocenters. The van der Waals surface area contributed by atoms with Crippen molar-refractivity contribution < 1.29 is 9.31 Å². The Kier molecular flexibility index (Phi) is 3.74. The van der Waals surface area contributed by atoms with Crippen LogP contribution in [0.15, 0.2) is 16.6 Å². The van der Waals surface area contributed by atoms with Gasteiger partial charge in [0.15, 0.2) is 0 Å². The zero-order valence-corrected chi connectivity index (χ0v) is 13.6. The summed E-state index contributed by atoms with van der Waals surface area (Å²) in [5.41, 5.74) is 0.276. The van der Waals surface area contributed by atoms with Gasteiger partial charge in [-0.1, -0.05) is 11.6 Å². The molecule has 1 aliphatic heterocycles. The zero-order valence-electron chi connectivity index (χ0n) is 11.3. The van der Waals surface area contributed by atoms with Gasteiger partial charge in [0.1, 0.15) is 0 Å². The lowest BCUT2D eigenvalue weighted by Gasteiger charge is -2.32. The van der Waals surface area contributed by atoms with Crippen molar-refractivity contribution in [2.24, 2.45) is 0 Å². The average molecular weight is 342 g/mol. The molecule has 0 aromatic heterocycles. The first-order chi connectivity index (χ1) is 8.68. The second kappa shape index (κ2) is 4.78. The van der Waals surface area contributed by atoms with Gasteiger partial charge in [0.25, 0.3) is 0 Å². The Morgan fingerprint density at radius 3 is 2.21 bits per heavy atom. The molecule has 0 spiro atoms. The molecule has 0 atom stereocenters. The number of benzene rings is 1. The van der Waals surface area contributed by atoms with Gasteiger partial charge in [0.2, 0.25) is 0 Å². The van der Waals surface area contributed by atoms with Crippen LogP contribution >= 0.6 is 27.5 Å². The third kappa shape index (κ3) is 2.55. The normalized spacial score (nSPS) is 20.4. The number of halogens is 2. The number of nitriles is 1. The lowest BCUT2D eigenvalue weighted by molar-refractivity contribution is 0.00578. The maximum atomic E-state index is 9.23. The van der Waals surface area contributed by atoms with Crippen LogP contribution in [0, 0.1) is 11.3 Å². The molecule has 0 aliphatic carbocycles. The highest BCUT2D eigenvalue weighted by Crippen LogP contribution is 2.37. The van der Waals surface area contributed by atoms with Gasteiger partial charge in [-0.25, -0.2) is 0 Å². The lowest BCUT2D eigenvalue weighted by Crippen LogP contribution is -2.41. The summed E-state index contributed by atoms with van der Waals surface area (Å²) >= 11 is 9.41. The van der Waals surface area contributed by atoms with Gasteiger partial charge in [-0.15, -0.1) is 0 Å². The van der Waals surface area contributed by atoms with E-state index in [9.17, 15) is 5.26 Å². The van der Waals surface area contributed by atoms with Crippen LogP contribution in [0.4, 0.5) is 0 Å². The van der Waals surface area contributed by atoms with Crippen LogP contribution < -0.4 is 5.46 Å². The van der Waals surface area contributed by atoms with Crippen LogP contribution in [0.25, 0.3) is 0 Å². The Balaban J connectivity index is 2.45. The number of rotatable bonds is 1. The van der Waals surface area contributed by atoms with Crippen molar-refractivity contribution in [2.45, 2.75) is 38.9 Å². The molecule has 100 valence electrons. The maximum Gasteiger partial charge on any atom is 0.496 e. The van der Waals surface area contributed by atoms with Crippen molar-refractivity contribution in [3.8, 4) is 6.07 Å². The van der Waals surface area contributed by atoms with E-state index in [1.165, 1.54) is 0 Å². The van der Waals surface area contributed by atoms with E-state index in [1.807, 2.05) is 27.7 Å². The van der Waals surface area contributed by atoms with E-state index in [4.69, 9.17) is 20.9 Å². The van der Waals surface area contributed by atoms with Gasteiger partial charge in [-0.3, -0.25) is 0 Å². The molecular formula is C13H14BBrClNO2. The maximum absolute atomic E-state index is 9.23. The molecule has 1 saturated heterocycles. The van der Waals surface area contributed by atoms with Crippen molar-refractivity contribution in [1.29, 1.82) is 5.26 Å². The molecule has 6 heteroatoms. The molecule has 1 aliphatic rings. The molecule has 19 heavy (non-hydrogen) atoms. The van der Waals surface area contributed by atoms with Crippen molar-refractivity contribution in [2.75, 3.05) is 0 Å². The molecule has 0 radical (unpaired) electrons. The predicted octanol–water partition coefficient (Wildman–Crippen LogP) is 3.27. The summed E-state index contributed by atoms with van der Waals surface area (Å²) in [6, 6.07) is 5.54. The molecule has 1 aromatic rings. The molecule has 0 N–H and O–H groups in total. The molecule has 3 nitrogen and oxygen atoms in total. The van der Waals surface area contributed by atoms with E-state index in [2.05, 4.69) is 22.0 Å². The van der Waals surface area contributed by atoms with Crippen molar-refractivity contribution in [3.63, 3.8) is 0 Å².